The van der Waals surface area contributed by atoms with Crippen molar-refractivity contribution in [2.24, 2.45) is 11.8 Å². The minimum Gasteiger partial charge on any atom is -0.425 e. The Balaban J connectivity index is 1.85. The van der Waals surface area contributed by atoms with E-state index in [1.54, 1.807) is 12.1 Å². The molecule has 20 heavy (non-hydrogen) atoms. The molecule has 0 N–H and O–H groups in total. The minimum atomic E-state index is -0.180. The third-order valence-electron chi connectivity index (χ3n) is 3.98. The molecule has 0 aromatic heterocycles. The van der Waals surface area contributed by atoms with Gasteiger partial charge in [-0.15, -0.1) is 6.58 Å². The second-order valence-electron chi connectivity index (χ2n) is 5.48. The van der Waals surface area contributed by atoms with E-state index in [1.165, 1.54) is 12.8 Å². The molecule has 1 aromatic rings. The summed E-state index contributed by atoms with van der Waals surface area (Å²) in [5, 5.41) is 0.480. The van der Waals surface area contributed by atoms with Crippen LogP contribution in [-0.4, -0.2) is 5.97 Å². The monoisotopic (exact) mass is 292 g/mol. The van der Waals surface area contributed by atoms with Crippen molar-refractivity contribution in [2.75, 3.05) is 0 Å². The van der Waals surface area contributed by atoms with E-state index in [0.29, 0.717) is 29.0 Å². The summed E-state index contributed by atoms with van der Waals surface area (Å²) in [7, 11) is 0. The second-order valence-corrected chi connectivity index (χ2v) is 5.89. The molecule has 0 bridgehead atoms. The summed E-state index contributed by atoms with van der Waals surface area (Å²) < 4.78 is 5.35. The highest BCUT2D eigenvalue weighted by atomic mass is 35.5. The molecule has 1 saturated carbocycles. The standard InChI is InChI=1S/C17H21ClO2/c1-2-13-6-5-7-14(11-10-13)12-17(19)20-16-9-4-3-8-15(16)18/h2-4,8-9,13-14H,1,5-7,10-12H2/t13?,14-/m0/s1. The molecule has 0 saturated heterocycles. The first kappa shape index (κ1) is 15.1. The molecule has 3 heteroatoms. The van der Waals surface area contributed by atoms with Crippen LogP contribution >= 0.6 is 11.6 Å². The normalized spacial score (nSPS) is 22.9. The van der Waals surface area contributed by atoms with Crippen molar-refractivity contribution in [3.63, 3.8) is 0 Å². The summed E-state index contributed by atoms with van der Waals surface area (Å²) in [5.74, 6) is 1.31. The van der Waals surface area contributed by atoms with Crippen LogP contribution in [0.4, 0.5) is 0 Å². The lowest BCUT2D eigenvalue weighted by Crippen LogP contribution is -2.14. The zero-order valence-corrected chi connectivity index (χ0v) is 12.4. The van der Waals surface area contributed by atoms with Crippen molar-refractivity contribution in [3.05, 3.63) is 41.9 Å². The second kappa shape index (κ2) is 7.49. The number of para-hydroxylation sites is 1. The number of hydrogen-bond donors (Lipinski definition) is 0. The van der Waals surface area contributed by atoms with Gasteiger partial charge in [0.2, 0.25) is 0 Å². The van der Waals surface area contributed by atoms with Crippen LogP contribution in [0.15, 0.2) is 36.9 Å². The Morgan fingerprint density at radius 2 is 2.10 bits per heavy atom. The number of carbonyl (C=O) groups excluding carboxylic acids is 1. The number of benzene rings is 1. The van der Waals surface area contributed by atoms with E-state index in [4.69, 9.17) is 16.3 Å². The van der Waals surface area contributed by atoms with Crippen molar-refractivity contribution >= 4 is 17.6 Å². The van der Waals surface area contributed by atoms with Gasteiger partial charge in [0.05, 0.1) is 5.02 Å². The fourth-order valence-electron chi connectivity index (χ4n) is 2.77. The molecule has 2 atom stereocenters. The van der Waals surface area contributed by atoms with Crippen molar-refractivity contribution in [3.8, 4) is 5.75 Å². The van der Waals surface area contributed by atoms with Gasteiger partial charge in [-0.05, 0) is 49.7 Å². The highest BCUT2D eigenvalue weighted by molar-refractivity contribution is 6.32. The molecule has 1 unspecified atom stereocenters. The molecule has 2 nitrogen and oxygen atoms in total. The number of carbonyl (C=O) groups is 1. The van der Waals surface area contributed by atoms with Crippen molar-refractivity contribution < 1.29 is 9.53 Å². The first-order chi connectivity index (χ1) is 9.69. The van der Waals surface area contributed by atoms with Crippen LogP contribution in [0.5, 0.6) is 5.75 Å². The molecule has 2 rings (SSSR count). The molecule has 0 radical (unpaired) electrons. The van der Waals surface area contributed by atoms with E-state index in [0.717, 1.165) is 19.3 Å². The first-order valence-corrected chi connectivity index (χ1v) is 7.64. The molecule has 108 valence electrons. The van der Waals surface area contributed by atoms with Crippen LogP contribution in [0.1, 0.15) is 38.5 Å². The Morgan fingerprint density at radius 1 is 1.30 bits per heavy atom. The molecule has 0 heterocycles. The topological polar surface area (TPSA) is 26.3 Å². The van der Waals surface area contributed by atoms with Gasteiger partial charge < -0.3 is 4.74 Å². The van der Waals surface area contributed by atoms with E-state index in [-0.39, 0.29) is 5.97 Å². The maximum absolute atomic E-state index is 12.0. The summed E-state index contributed by atoms with van der Waals surface area (Å²) in [5.41, 5.74) is 0. The third-order valence-corrected chi connectivity index (χ3v) is 4.29. The number of esters is 1. The van der Waals surface area contributed by atoms with Gasteiger partial charge in [0.1, 0.15) is 5.75 Å². The highest BCUT2D eigenvalue weighted by Gasteiger charge is 2.20. The van der Waals surface area contributed by atoms with Crippen LogP contribution in [-0.2, 0) is 4.79 Å². The van der Waals surface area contributed by atoms with Crippen LogP contribution in [0.3, 0.4) is 0 Å². The Bertz CT molecular complexity index is 470. The van der Waals surface area contributed by atoms with Crippen molar-refractivity contribution in [1.29, 1.82) is 0 Å². The molecule has 1 aromatic carbocycles. The van der Waals surface area contributed by atoms with Crippen LogP contribution in [0, 0.1) is 11.8 Å². The lowest BCUT2D eigenvalue weighted by molar-refractivity contribution is -0.135. The highest BCUT2D eigenvalue weighted by Crippen LogP contribution is 2.30. The quantitative estimate of drug-likeness (QED) is 0.337. The lowest BCUT2D eigenvalue weighted by atomic mass is 9.95. The third kappa shape index (κ3) is 4.38. The van der Waals surface area contributed by atoms with E-state index < -0.39 is 0 Å². The van der Waals surface area contributed by atoms with Gasteiger partial charge in [-0.1, -0.05) is 36.2 Å². The van der Waals surface area contributed by atoms with E-state index in [2.05, 4.69) is 6.58 Å². The number of allylic oxidation sites excluding steroid dienone is 1. The molecule has 1 fully saturated rings. The minimum absolute atomic E-state index is 0.180. The smallest absolute Gasteiger partial charge is 0.311 e. The maximum atomic E-state index is 12.0. The predicted octanol–water partition coefficient (Wildman–Crippen LogP) is 5.02. The molecular formula is C17H21ClO2. The summed E-state index contributed by atoms with van der Waals surface area (Å²) in [6.45, 7) is 3.87. The van der Waals surface area contributed by atoms with E-state index in [1.807, 2.05) is 18.2 Å². The molecule has 1 aliphatic rings. The largest absolute Gasteiger partial charge is 0.425 e. The number of hydrogen-bond acceptors (Lipinski definition) is 2. The zero-order chi connectivity index (χ0) is 14.4. The number of halogens is 1. The SMILES string of the molecule is C=CC1CCC[C@H](CC(=O)Oc2ccccc2Cl)CC1. The van der Waals surface area contributed by atoms with Gasteiger partial charge in [-0.25, -0.2) is 0 Å². The van der Waals surface area contributed by atoms with Crippen LogP contribution < -0.4 is 4.74 Å². The van der Waals surface area contributed by atoms with Crippen molar-refractivity contribution in [1.82, 2.24) is 0 Å². The van der Waals surface area contributed by atoms with Gasteiger partial charge in [0, 0.05) is 6.42 Å². The number of rotatable bonds is 4. The first-order valence-electron chi connectivity index (χ1n) is 7.27. The number of ether oxygens (including phenoxy) is 1. The van der Waals surface area contributed by atoms with Gasteiger partial charge in [-0.3, -0.25) is 4.79 Å². The molecule has 0 spiro atoms. The average Bonchev–Trinajstić information content (AvgIpc) is 2.66. The fourth-order valence-corrected chi connectivity index (χ4v) is 2.95. The molecule has 0 amide bonds. The Kier molecular flexibility index (Phi) is 5.66. The van der Waals surface area contributed by atoms with Crippen LogP contribution in [0.25, 0.3) is 0 Å². The van der Waals surface area contributed by atoms with Gasteiger partial charge in [-0.2, -0.15) is 0 Å². The summed E-state index contributed by atoms with van der Waals surface area (Å²) in [4.78, 5) is 12.0. The fraction of sp³-hybridized carbons (Fsp3) is 0.471. The summed E-state index contributed by atoms with van der Waals surface area (Å²) in [6.07, 6.45) is 8.20. The van der Waals surface area contributed by atoms with Gasteiger partial charge >= 0.3 is 5.97 Å². The Hall–Kier alpha value is -1.28. The summed E-state index contributed by atoms with van der Waals surface area (Å²) >= 11 is 5.99. The van der Waals surface area contributed by atoms with Gasteiger partial charge in [0.25, 0.3) is 0 Å². The zero-order valence-electron chi connectivity index (χ0n) is 11.7. The molecular weight excluding hydrogens is 272 g/mol. The Morgan fingerprint density at radius 3 is 2.85 bits per heavy atom. The average molecular weight is 293 g/mol. The maximum Gasteiger partial charge on any atom is 0.311 e. The molecule has 1 aliphatic carbocycles. The summed E-state index contributed by atoms with van der Waals surface area (Å²) in [6, 6.07) is 7.08. The van der Waals surface area contributed by atoms with E-state index in [9.17, 15) is 4.79 Å². The molecule has 0 aliphatic heterocycles. The van der Waals surface area contributed by atoms with Crippen LogP contribution in [0.2, 0.25) is 5.02 Å². The van der Waals surface area contributed by atoms with E-state index >= 15 is 0 Å². The predicted molar refractivity (Wildman–Crippen MR) is 82.0 cm³/mol. The lowest BCUT2D eigenvalue weighted by Gasteiger charge is -2.13. The van der Waals surface area contributed by atoms with Gasteiger partial charge in [0.15, 0.2) is 0 Å². The van der Waals surface area contributed by atoms with Crippen molar-refractivity contribution in [2.45, 2.75) is 38.5 Å². The Labute approximate surface area is 125 Å².